The van der Waals surface area contributed by atoms with Gasteiger partial charge in [0.1, 0.15) is 12.1 Å². The molecule has 0 aliphatic carbocycles. The van der Waals surface area contributed by atoms with Gasteiger partial charge in [0.2, 0.25) is 5.91 Å². The standard InChI is InChI=1S/C17H14N4O3/c1-11(22)12-5-4-6-13(9-12)18-16(23)10-21-17(24)14-7-2-3-8-15(14)19-20-21/h2-9H,10H2,1H3,(H,18,23). The molecule has 1 aromatic heterocycles. The van der Waals surface area contributed by atoms with Gasteiger partial charge in [-0.1, -0.05) is 29.5 Å². The van der Waals surface area contributed by atoms with E-state index in [9.17, 15) is 14.4 Å². The van der Waals surface area contributed by atoms with Crippen LogP contribution in [0.4, 0.5) is 5.69 Å². The molecule has 0 saturated carbocycles. The topological polar surface area (TPSA) is 93.9 Å². The summed E-state index contributed by atoms with van der Waals surface area (Å²) in [5, 5.41) is 10.7. The highest BCUT2D eigenvalue weighted by molar-refractivity contribution is 5.97. The molecule has 7 heteroatoms. The zero-order valence-corrected chi connectivity index (χ0v) is 12.9. The summed E-state index contributed by atoms with van der Waals surface area (Å²) in [4.78, 5) is 35.8. The van der Waals surface area contributed by atoms with Gasteiger partial charge in [0.05, 0.1) is 5.39 Å². The molecular weight excluding hydrogens is 308 g/mol. The van der Waals surface area contributed by atoms with Crippen LogP contribution in [0.25, 0.3) is 10.9 Å². The van der Waals surface area contributed by atoms with Crippen molar-refractivity contribution in [1.82, 2.24) is 15.0 Å². The highest BCUT2D eigenvalue weighted by Crippen LogP contribution is 2.11. The fourth-order valence-electron chi connectivity index (χ4n) is 2.28. The summed E-state index contributed by atoms with van der Waals surface area (Å²) in [6.45, 7) is 1.19. The number of carbonyl (C=O) groups excluding carboxylic acids is 2. The predicted octanol–water partition coefficient (Wildman–Crippen LogP) is 1.63. The van der Waals surface area contributed by atoms with Crippen LogP contribution in [0, 0.1) is 0 Å². The maximum atomic E-state index is 12.3. The smallest absolute Gasteiger partial charge is 0.278 e. The highest BCUT2D eigenvalue weighted by Gasteiger charge is 2.10. The Kier molecular flexibility index (Phi) is 4.15. The number of nitrogens with zero attached hydrogens (tertiary/aromatic N) is 3. The maximum absolute atomic E-state index is 12.3. The summed E-state index contributed by atoms with van der Waals surface area (Å²) in [7, 11) is 0. The van der Waals surface area contributed by atoms with Crippen molar-refractivity contribution in [2.24, 2.45) is 0 Å². The Bertz CT molecular complexity index is 994. The van der Waals surface area contributed by atoms with Gasteiger partial charge in [-0.3, -0.25) is 14.4 Å². The molecule has 0 spiro atoms. The summed E-state index contributed by atoms with van der Waals surface area (Å²) in [5.74, 6) is -0.523. The number of carbonyl (C=O) groups is 2. The first-order valence-corrected chi connectivity index (χ1v) is 7.28. The van der Waals surface area contributed by atoms with Crippen LogP contribution in [0.3, 0.4) is 0 Å². The van der Waals surface area contributed by atoms with Gasteiger partial charge in [0.15, 0.2) is 5.78 Å². The quantitative estimate of drug-likeness (QED) is 0.737. The lowest BCUT2D eigenvalue weighted by Crippen LogP contribution is -2.30. The van der Waals surface area contributed by atoms with Crippen LogP contribution in [0.2, 0.25) is 0 Å². The Balaban J connectivity index is 1.80. The Hall–Kier alpha value is -3.35. The molecule has 0 bridgehead atoms. The van der Waals surface area contributed by atoms with Gasteiger partial charge in [-0.15, -0.1) is 5.10 Å². The van der Waals surface area contributed by atoms with Crippen molar-refractivity contribution in [2.45, 2.75) is 13.5 Å². The van der Waals surface area contributed by atoms with E-state index in [2.05, 4.69) is 15.6 Å². The molecule has 0 atom stereocenters. The van der Waals surface area contributed by atoms with E-state index in [0.717, 1.165) is 4.68 Å². The lowest BCUT2D eigenvalue weighted by atomic mass is 10.1. The Labute approximate surface area is 136 Å². The van der Waals surface area contributed by atoms with Crippen LogP contribution in [-0.4, -0.2) is 26.7 Å². The summed E-state index contributed by atoms with van der Waals surface area (Å²) >= 11 is 0. The number of nitrogens with one attached hydrogen (secondary N) is 1. The lowest BCUT2D eigenvalue weighted by Gasteiger charge is -2.07. The number of benzene rings is 2. The average molecular weight is 322 g/mol. The number of ketones is 1. The number of Topliss-reactive ketones (excluding diaryl/α,β-unsaturated/α-hetero) is 1. The molecular formula is C17H14N4O3. The van der Waals surface area contributed by atoms with Gasteiger partial charge >= 0.3 is 0 Å². The summed E-state index contributed by atoms with van der Waals surface area (Å²) in [5.41, 5.74) is 1.08. The van der Waals surface area contributed by atoms with E-state index in [0.29, 0.717) is 22.2 Å². The second-order valence-corrected chi connectivity index (χ2v) is 5.25. The highest BCUT2D eigenvalue weighted by atomic mass is 16.2. The van der Waals surface area contributed by atoms with Crippen molar-refractivity contribution >= 4 is 28.3 Å². The van der Waals surface area contributed by atoms with Crippen molar-refractivity contribution < 1.29 is 9.59 Å². The maximum Gasteiger partial charge on any atom is 0.278 e. The van der Waals surface area contributed by atoms with Crippen LogP contribution in [0.5, 0.6) is 0 Å². The molecule has 1 N–H and O–H groups in total. The summed E-state index contributed by atoms with van der Waals surface area (Å²) < 4.78 is 1.01. The first kappa shape index (κ1) is 15.5. The van der Waals surface area contributed by atoms with Gasteiger partial charge < -0.3 is 5.32 Å². The third-order valence-electron chi connectivity index (χ3n) is 3.48. The van der Waals surface area contributed by atoms with Crippen LogP contribution in [0.1, 0.15) is 17.3 Å². The van der Waals surface area contributed by atoms with Crippen molar-refractivity contribution in [3.8, 4) is 0 Å². The van der Waals surface area contributed by atoms with Crippen molar-refractivity contribution in [2.75, 3.05) is 5.32 Å². The number of hydrogen-bond acceptors (Lipinski definition) is 5. The van der Waals surface area contributed by atoms with E-state index >= 15 is 0 Å². The molecule has 0 radical (unpaired) electrons. The Morgan fingerprint density at radius 1 is 1.12 bits per heavy atom. The van der Waals surface area contributed by atoms with Gasteiger partial charge in [-0.2, -0.15) is 0 Å². The zero-order valence-electron chi connectivity index (χ0n) is 12.9. The Morgan fingerprint density at radius 3 is 2.71 bits per heavy atom. The average Bonchev–Trinajstić information content (AvgIpc) is 2.58. The minimum atomic E-state index is -0.428. The Morgan fingerprint density at radius 2 is 1.92 bits per heavy atom. The fourth-order valence-corrected chi connectivity index (χ4v) is 2.28. The van der Waals surface area contributed by atoms with Crippen LogP contribution in [0.15, 0.2) is 53.3 Å². The summed E-state index contributed by atoms with van der Waals surface area (Å²) in [6.07, 6.45) is 0. The van der Waals surface area contributed by atoms with E-state index in [1.54, 1.807) is 48.5 Å². The molecule has 0 fully saturated rings. The number of fused-ring (bicyclic) bond motifs is 1. The molecule has 1 amide bonds. The molecule has 0 aliphatic heterocycles. The zero-order chi connectivity index (χ0) is 17.1. The van der Waals surface area contributed by atoms with Crippen LogP contribution in [-0.2, 0) is 11.3 Å². The summed E-state index contributed by atoms with van der Waals surface area (Å²) in [6, 6.07) is 13.4. The lowest BCUT2D eigenvalue weighted by molar-refractivity contribution is -0.117. The molecule has 3 rings (SSSR count). The molecule has 0 saturated heterocycles. The first-order chi connectivity index (χ1) is 11.5. The van der Waals surface area contributed by atoms with Gasteiger partial charge in [0.25, 0.3) is 5.56 Å². The van der Waals surface area contributed by atoms with Gasteiger partial charge in [-0.25, -0.2) is 4.68 Å². The van der Waals surface area contributed by atoms with E-state index in [-0.39, 0.29) is 17.9 Å². The molecule has 24 heavy (non-hydrogen) atoms. The van der Waals surface area contributed by atoms with Gasteiger partial charge in [0, 0.05) is 11.3 Å². The minimum Gasteiger partial charge on any atom is -0.324 e. The third kappa shape index (κ3) is 3.19. The SMILES string of the molecule is CC(=O)c1cccc(NC(=O)Cn2nnc3ccccc3c2=O)c1. The number of hydrogen-bond donors (Lipinski definition) is 1. The number of anilines is 1. The molecule has 120 valence electrons. The second kappa shape index (κ2) is 6.41. The molecule has 1 heterocycles. The minimum absolute atomic E-state index is 0.0947. The molecule has 7 nitrogen and oxygen atoms in total. The van der Waals surface area contributed by atoms with E-state index in [1.165, 1.54) is 6.92 Å². The molecule has 0 unspecified atom stereocenters. The van der Waals surface area contributed by atoms with E-state index in [1.807, 2.05) is 0 Å². The number of amides is 1. The first-order valence-electron chi connectivity index (χ1n) is 7.28. The van der Waals surface area contributed by atoms with Gasteiger partial charge in [-0.05, 0) is 31.2 Å². The van der Waals surface area contributed by atoms with E-state index in [4.69, 9.17) is 0 Å². The van der Waals surface area contributed by atoms with Crippen LogP contribution >= 0.6 is 0 Å². The molecule has 0 aliphatic rings. The largest absolute Gasteiger partial charge is 0.324 e. The predicted molar refractivity (Wildman–Crippen MR) is 88.9 cm³/mol. The number of aromatic nitrogens is 3. The normalized spacial score (nSPS) is 10.5. The van der Waals surface area contributed by atoms with Crippen molar-refractivity contribution in [3.63, 3.8) is 0 Å². The van der Waals surface area contributed by atoms with E-state index < -0.39 is 5.91 Å². The monoisotopic (exact) mass is 322 g/mol. The van der Waals surface area contributed by atoms with Crippen molar-refractivity contribution in [1.29, 1.82) is 0 Å². The molecule has 3 aromatic rings. The molecule has 2 aromatic carbocycles. The van der Waals surface area contributed by atoms with Crippen LogP contribution < -0.4 is 10.9 Å². The van der Waals surface area contributed by atoms with Crippen molar-refractivity contribution in [3.05, 3.63) is 64.4 Å². The third-order valence-corrected chi connectivity index (χ3v) is 3.48. The second-order valence-electron chi connectivity index (χ2n) is 5.25. The fraction of sp³-hybridized carbons (Fsp3) is 0.118. The number of rotatable bonds is 4.